The predicted molar refractivity (Wildman–Crippen MR) is 64.5 cm³/mol. The molecule has 0 N–H and O–H groups in total. The molecule has 0 amide bonds. The number of aldehydes is 1. The third kappa shape index (κ3) is 3.30. The van der Waals surface area contributed by atoms with Crippen LogP contribution >= 0.6 is 0 Å². The van der Waals surface area contributed by atoms with Crippen LogP contribution in [0.3, 0.4) is 0 Å². The third-order valence-corrected chi connectivity index (χ3v) is 2.95. The lowest BCUT2D eigenvalue weighted by atomic mass is 9.95. The lowest BCUT2D eigenvalue weighted by Crippen LogP contribution is -2.09. The summed E-state index contributed by atoms with van der Waals surface area (Å²) in [5, 5.41) is 0. The fourth-order valence-corrected chi connectivity index (χ4v) is 1.53. The lowest BCUT2D eigenvalue weighted by molar-refractivity contribution is -0.120. The van der Waals surface area contributed by atoms with Gasteiger partial charge in [0.1, 0.15) is 12.1 Å². The van der Waals surface area contributed by atoms with Crippen molar-refractivity contribution in [2.75, 3.05) is 0 Å². The molecule has 1 rings (SSSR count). The molecule has 1 aromatic rings. The molecule has 0 heterocycles. The van der Waals surface area contributed by atoms with Crippen molar-refractivity contribution in [1.29, 1.82) is 0 Å². The number of hydrogen-bond acceptors (Lipinski definition) is 2. The van der Waals surface area contributed by atoms with Gasteiger partial charge in [0.15, 0.2) is 0 Å². The summed E-state index contributed by atoms with van der Waals surface area (Å²) in [5.41, 5.74) is 2.17. The number of carbonyl (C=O) groups excluding carboxylic acids is 2. The molecule has 0 bridgehead atoms. The van der Waals surface area contributed by atoms with Gasteiger partial charge in [0.2, 0.25) is 0 Å². The molecule has 0 spiro atoms. The van der Waals surface area contributed by atoms with Crippen LogP contribution in [0.2, 0.25) is 0 Å². The van der Waals surface area contributed by atoms with Crippen molar-refractivity contribution in [3.8, 4) is 0 Å². The van der Waals surface area contributed by atoms with E-state index < -0.39 is 0 Å². The van der Waals surface area contributed by atoms with Crippen LogP contribution in [0.4, 0.5) is 0 Å². The smallest absolute Gasteiger partial charge is 0.132 e. The van der Waals surface area contributed by atoms with Crippen LogP contribution in [-0.2, 0) is 16.0 Å². The topological polar surface area (TPSA) is 34.1 Å². The van der Waals surface area contributed by atoms with Gasteiger partial charge < -0.3 is 4.79 Å². The van der Waals surface area contributed by atoms with Gasteiger partial charge in [-0.05, 0) is 24.5 Å². The maximum absolute atomic E-state index is 11.1. The van der Waals surface area contributed by atoms with Gasteiger partial charge in [-0.2, -0.15) is 0 Å². The summed E-state index contributed by atoms with van der Waals surface area (Å²) in [5.74, 6) is 0.221. The van der Waals surface area contributed by atoms with Crippen LogP contribution in [0.25, 0.3) is 0 Å². The van der Waals surface area contributed by atoms with E-state index in [0.717, 1.165) is 23.8 Å². The summed E-state index contributed by atoms with van der Waals surface area (Å²) in [4.78, 5) is 21.7. The predicted octanol–water partition coefficient (Wildman–Crippen LogP) is 2.76. The Bertz CT molecular complexity index is 365. The first kappa shape index (κ1) is 12.6. The van der Waals surface area contributed by atoms with Crippen molar-refractivity contribution in [2.24, 2.45) is 5.92 Å². The molecular formula is C14H18O2. The Morgan fingerprint density at radius 3 is 2.25 bits per heavy atom. The van der Waals surface area contributed by atoms with Gasteiger partial charge in [0.25, 0.3) is 0 Å². The zero-order chi connectivity index (χ0) is 12.1. The van der Waals surface area contributed by atoms with Crippen LogP contribution in [0.1, 0.15) is 37.8 Å². The molecule has 0 radical (unpaired) electrons. The van der Waals surface area contributed by atoms with E-state index in [1.54, 1.807) is 6.92 Å². The SMILES string of the molecule is CC(=O)C(C)Cc1ccc(C(C)C=O)cc1. The van der Waals surface area contributed by atoms with Gasteiger partial charge in [-0.1, -0.05) is 38.1 Å². The standard InChI is InChI=1S/C14H18O2/c1-10(12(3)16)8-13-4-6-14(7-5-13)11(2)9-15/h4-7,9-11H,8H2,1-3H3. The zero-order valence-corrected chi connectivity index (χ0v) is 10.1. The van der Waals surface area contributed by atoms with Gasteiger partial charge in [-0.25, -0.2) is 0 Å². The Kier molecular flexibility index (Phi) is 4.41. The largest absolute Gasteiger partial charge is 0.303 e. The average Bonchev–Trinajstić information content (AvgIpc) is 2.28. The lowest BCUT2D eigenvalue weighted by Gasteiger charge is -2.09. The average molecular weight is 218 g/mol. The van der Waals surface area contributed by atoms with E-state index in [9.17, 15) is 9.59 Å². The summed E-state index contributed by atoms with van der Waals surface area (Å²) in [6, 6.07) is 7.91. The molecule has 0 saturated heterocycles. The summed E-state index contributed by atoms with van der Waals surface area (Å²) in [7, 11) is 0. The molecule has 2 atom stereocenters. The van der Waals surface area contributed by atoms with E-state index in [1.807, 2.05) is 38.1 Å². The first-order valence-corrected chi connectivity index (χ1v) is 5.59. The molecule has 0 aliphatic rings. The van der Waals surface area contributed by atoms with E-state index in [1.165, 1.54) is 0 Å². The maximum atomic E-state index is 11.1. The Labute approximate surface area is 96.7 Å². The van der Waals surface area contributed by atoms with Crippen LogP contribution in [0.5, 0.6) is 0 Å². The number of ketones is 1. The molecule has 0 aliphatic carbocycles. The molecule has 0 fully saturated rings. The summed E-state index contributed by atoms with van der Waals surface area (Å²) >= 11 is 0. The first-order chi connectivity index (χ1) is 7.54. The minimum atomic E-state index is -0.0562. The fourth-order valence-electron chi connectivity index (χ4n) is 1.53. The number of rotatable bonds is 5. The monoisotopic (exact) mass is 218 g/mol. The fraction of sp³-hybridized carbons (Fsp3) is 0.429. The molecule has 2 heteroatoms. The minimum absolute atomic E-state index is 0.0562. The maximum Gasteiger partial charge on any atom is 0.132 e. The quantitative estimate of drug-likeness (QED) is 0.712. The Balaban J connectivity index is 2.71. The highest BCUT2D eigenvalue weighted by Gasteiger charge is 2.09. The van der Waals surface area contributed by atoms with Gasteiger partial charge >= 0.3 is 0 Å². The molecule has 2 nitrogen and oxygen atoms in total. The molecule has 1 aromatic carbocycles. The normalized spacial score (nSPS) is 14.2. The van der Waals surface area contributed by atoms with Crippen molar-refractivity contribution < 1.29 is 9.59 Å². The summed E-state index contributed by atoms with van der Waals surface area (Å²) < 4.78 is 0. The summed E-state index contributed by atoms with van der Waals surface area (Å²) in [6.07, 6.45) is 1.71. The van der Waals surface area contributed by atoms with Gasteiger partial charge in [0.05, 0.1) is 0 Å². The van der Waals surface area contributed by atoms with Crippen molar-refractivity contribution >= 4 is 12.1 Å². The molecule has 0 aromatic heterocycles. The van der Waals surface area contributed by atoms with Gasteiger partial charge in [0, 0.05) is 11.8 Å². The zero-order valence-electron chi connectivity index (χ0n) is 10.1. The number of benzene rings is 1. The van der Waals surface area contributed by atoms with E-state index in [-0.39, 0.29) is 17.6 Å². The van der Waals surface area contributed by atoms with Gasteiger partial charge in [-0.3, -0.25) is 4.79 Å². The number of hydrogen-bond donors (Lipinski definition) is 0. The molecular weight excluding hydrogens is 200 g/mol. The Hall–Kier alpha value is -1.44. The van der Waals surface area contributed by atoms with Crippen molar-refractivity contribution in [3.05, 3.63) is 35.4 Å². The van der Waals surface area contributed by atoms with Crippen LogP contribution in [0.15, 0.2) is 24.3 Å². The van der Waals surface area contributed by atoms with E-state index in [2.05, 4.69) is 0 Å². The highest BCUT2D eigenvalue weighted by molar-refractivity contribution is 5.78. The van der Waals surface area contributed by atoms with Crippen molar-refractivity contribution in [2.45, 2.75) is 33.1 Å². The van der Waals surface area contributed by atoms with Crippen LogP contribution < -0.4 is 0 Å². The van der Waals surface area contributed by atoms with Crippen LogP contribution in [0, 0.1) is 5.92 Å². The highest BCUT2D eigenvalue weighted by Crippen LogP contribution is 2.16. The Morgan fingerprint density at radius 2 is 1.81 bits per heavy atom. The van der Waals surface area contributed by atoms with Crippen LogP contribution in [-0.4, -0.2) is 12.1 Å². The van der Waals surface area contributed by atoms with E-state index in [4.69, 9.17) is 0 Å². The number of carbonyl (C=O) groups is 2. The molecule has 16 heavy (non-hydrogen) atoms. The first-order valence-electron chi connectivity index (χ1n) is 5.59. The third-order valence-electron chi connectivity index (χ3n) is 2.95. The van der Waals surface area contributed by atoms with Crippen molar-refractivity contribution in [1.82, 2.24) is 0 Å². The molecule has 0 saturated carbocycles. The van der Waals surface area contributed by atoms with Gasteiger partial charge in [-0.15, -0.1) is 0 Å². The highest BCUT2D eigenvalue weighted by atomic mass is 16.1. The second kappa shape index (κ2) is 5.59. The molecule has 0 aliphatic heterocycles. The summed E-state index contributed by atoms with van der Waals surface area (Å²) in [6.45, 7) is 5.43. The second-order valence-corrected chi connectivity index (χ2v) is 4.38. The van der Waals surface area contributed by atoms with E-state index >= 15 is 0 Å². The second-order valence-electron chi connectivity index (χ2n) is 4.38. The molecule has 2 unspecified atom stereocenters. The van der Waals surface area contributed by atoms with Crippen molar-refractivity contribution in [3.63, 3.8) is 0 Å². The minimum Gasteiger partial charge on any atom is -0.303 e. The Morgan fingerprint density at radius 1 is 1.25 bits per heavy atom. The van der Waals surface area contributed by atoms with E-state index in [0.29, 0.717) is 0 Å². The molecule has 86 valence electrons. The number of Topliss-reactive ketones (excluding diaryl/α,β-unsaturated/α-hetero) is 1.